The van der Waals surface area contributed by atoms with Gasteiger partial charge in [0.05, 0.1) is 0 Å². The van der Waals surface area contributed by atoms with Crippen molar-refractivity contribution in [3.05, 3.63) is 30.1 Å². The van der Waals surface area contributed by atoms with E-state index in [0.717, 1.165) is 25.3 Å². The summed E-state index contributed by atoms with van der Waals surface area (Å²) in [6.07, 6.45) is 0. The zero-order valence-electron chi connectivity index (χ0n) is 8.33. The maximum Gasteiger partial charge on any atom is 0.123 e. The molecule has 0 aromatic heterocycles. The maximum atomic E-state index is 12.7. The third kappa shape index (κ3) is 2.04. The normalized spacial score (nSPS) is 22.4. The molecule has 1 N–H and O–H groups in total. The summed E-state index contributed by atoms with van der Waals surface area (Å²) in [6, 6.07) is 7.22. The van der Waals surface area contributed by atoms with Crippen LogP contribution in [-0.2, 0) is 0 Å². The van der Waals surface area contributed by atoms with E-state index in [0.29, 0.717) is 6.04 Å². The highest BCUT2D eigenvalue weighted by molar-refractivity contribution is 5.46. The largest absolute Gasteiger partial charge is 0.369 e. The maximum absolute atomic E-state index is 12.7. The Hall–Kier alpha value is -1.09. The molecule has 2 nitrogen and oxygen atoms in total. The average Bonchev–Trinajstić information content (AvgIpc) is 2.19. The molecule has 0 saturated carbocycles. The van der Waals surface area contributed by atoms with Gasteiger partial charge in [-0.25, -0.2) is 4.39 Å². The minimum atomic E-state index is -0.170. The summed E-state index contributed by atoms with van der Waals surface area (Å²) in [6.45, 7) is 5.15. The quantitative estimate of drug-likeness (QED) is 0.731. The lowest BCUT2D eigenvalue weighted by Gasteiger charge is -2.33. The van der Waals surface area contributed by atoms with E-state index in [2.05, 4.69) is 17.1 Å². The molecule has 1 aliphatic heterocycles. The van der Waals surface area contributed by atoms with Crippen LogP contribution in [0, 0.1) is 5.82 Å². The Morgan fingerprint density at radius 2 is 2.07 bits per heavy atom. The van der Waals surface area contributed by atoms with E-state index < -0.39 is 0 Å². The first-order chi connectivity index (χ1) is 6.75. The number of hydrogen-bond donors (Lipinski definition) is 1. The number of piperazine rings is 1. The van der Waals surface area contributed by atoms with Gasteiger partial charge in [0.2, 0.25) is 0 Å². The summed E-state index contributed by atoms with van der Waals surface area (Å²) in [5.74, 6) is -0.170. The standard InChI is InChI=1S/C11H15FN2/c1-9-8-14(7-6-13-9)11-4-2-10(12)3-5-11/h2-5,9,13H,6-8H2,1H3/t9-/m1/s1. The van der Waals surface area contributed by atoms with Crippen LogP contribution in [0.3, 0.4) is 0 Å². The van der Waals surface area contributed by atoms with E-state index >= 15 is 0 Å². The highest BCUT2D eigenvalue weighted by atomic mass is 19.1. The van der Waals surface area contributed by atoms with Gasteiger partial charge in [-0.3, -0.25) is 0 Å². The van der Waals surface area contributed by atoms with Crippen molar-refractivity contribution in [1.82, 2.24) is 5.32 Å². The summed E-state index contributed by atoms with van der Waals surface area (Å²) < 4.78 is 12.7. The summed E-state index contributed by atoms with van der Waals surface area (Å²) in [4.78, 5) is 2.28. The van der Waals surface area contributed by atoms with E-state index in [4.69, 9.17) is 0 Å². The van der Waals surface area contributed by atoms with Crippen LogP contribution >= 0.6 is 0 Å². The van der Waals surface area contributed by atoms with Crippen molar-refractivity contribution in [3.63, 3.8) is 0 Å². The van der Waals surface area contributed by atoms with Crippen molar-refractivity contribution in [2.24, 2.45) is 0 Å². The predicted molar refractivity (Wildman–Crippen MR) is 56.1 cm³/mol. The van der Waals surface area contributed by atoms with Crippen LogP contribution < -0.4 is 10.2 Å². The molecule has 1 aromatic rings. The Morgan fingerprint density at radius 1 is 1.36 bits per heavy atom. The monoisotopic (exact) mass is 194 g/mol. The van der Waals surface area contributed by atoms with Gasteiger partial charge in [0.25, 0.3) is 0 Å². The number of nitrogens with zero attached hydrogens (tertiary/aromatic N) is 1. The number of benzene rings is 1. The molecule has 2 rings (SSSR count). The van der Waals surface area contributed by atoms with Crippen molar-refractivity contribution in [3.8, 4) is 0 Å². The highest BCUT2D eigenvalue weighted by Crippen LogP contribution is 2.16. The first-order valence-corrected chi connectivity index (χ1v) is 4.99. The Kier molecular flexibility index (Phi) is 2.68. The Bertz CT molecular complexity index is 297. The fourth-order valence-corrected chi connectivity index (χ4v) is 1.82. The van der Waals surface area contributed by atoms with Crippen LogP contribution in [-0.4, -0.2) is 25.7 Å². The van der Waals surface area contributed by atoms with Gasteiger partial charge in [-0.05, 0) is 31.2 Å². The molecule has 14 heavy (non-hydrogen) atoms. The number of rotatable bonds is 1. The van der Waals surface area contributed by atoms with Gasteiger partial charge in [0.15, 0.2) is 0 Å². The smallest absolute Gasteiger partial charge is 0.123 e. The second-order valence-corrected chi connectivity index (χ2v) is 3.78. The molecule has 1 heterocycles. The van der Waals surface area contributed by atoms with Crippen molar-refractivity contribution in [1.29, 1.82) is 0 Å². The average molecular weight is 194 g/mol. The summed E-state index contributed by atoms with van der Waals surface area (Å²) in [5, 5.41) is 3.38. The van der Waals surface area contributed by atoms with Crippen LogP contribution in [0.2, 0.25) is 0 Å². The highest BCUT2D eigenvalue weighted by Gasteiger charge is 2.15. The first kappa shape index (κ1) is 9.46. The molecule has 1 fully saturated rings. The van der Waals surface area contributed by atoms with E-state index in [1.807, 2.05) is 12.1 Å². The van der Waals surface area contributed by atoms with E-state index in [1.165, 1.54) is 12.1 Å². The molecule has 0 spiro atoms. The molecule has 1 aliphatic rings. The van der Waals surface area contributed by atoms with Crippen molar-refractivity contribution in [2.75, 3.05) is 24.5 Å². The fourth-order valence-electron chi connectivity index (χ4n) is 1.82. The van der Waals surface area contributed by atoms with E-state index in [9.17, 15) is 4.39 Å². The molecule has 1 saturated heterocycles. The molecule has 0 amide bonds. The summed E-state index contributed by atoms with van der Waals surface area (Å²) >= 11 is 0. The van der Waals surface area contributed by atoms with Gasteiger partial charge in [-0.15, -0.1) is 0 Å². The lowest BCUT2D eigenvalue weighted by molar-refractivity contribution is 0.484. The van der Waals surface area contributed by atoms with Gasteiger partial charge in [0, 0.05) is 31.4 Å². The van der Waals surface area contributed by atoms with Crippen LogP contribution in [0.5, 0.6) is 0 Å². The third-order valence-corrected chi connectivity index (χ3v) is 2.56. The van der Waals surface area contributed by atoms with Crippen molar-refractivity contribution in [2.45, 2.75) is 13.0 Å². The topological polar surface area (TPSA) is 15.3 Å². The van der Waals surface area contributed by atoms with Gasteiger partial charge >= 0.3 is 0 Å². The van der Waals surface area contributed by atoms with Crippen LogP contribution in [0.4, 0.5) is 10.1 Å². The Labute approximate surface area is 83.7 Å². The molecule has 76 valence electrons. The molecule has 0 aliphatic carbocycles. The second kappa shape index (κ2) is 3.96. The molecule has 0 bridgehead atoms. The van der Waals surface area contributed by atoms with Crippen molar-refractivity contribution < 1.29 is 4.39 Å². The number of nitrogens with one attached hydrogen (secondary N) is 1. The molecule has 0 radical (unpaired) electrons. The Balaban J connectivity index is 2.10. The predicted octanol–water partition coefficient (Wildman–Crippen LogP) is 1.62. The molecule has 0 unspecified atom stereocenters. The number of halogens is 1. The van der Waals surface area contributed by atoms with E-state index in [-0.39, 0.29) is 5.82 Å². The zero-order valence-corrected chi connectivity index (χ0v) is 8.33. The summed E-state index contributed by atoms with van der Waals surface area (Å²) in [7, 11) is 0. The number of hydrogen-bond acceptors (Lipinski definition) is 2. The molecule has 1 aromatic carbocycles. The van der Waals surface area contributed by atoms with Crippen LogP contribution in [0.15, 0.2) is 24.3 Å². The minimum absolute atomic E-state index is 0.170. The third-order valence-electron chi connectivity index (χ3n) is 2.56. The lowest BCUT2D eigenvalue weighted by atomic mass is 10.2. The van der Waals surface area contributed by atoms with Crippen LogP contribution in [0.1, 0.15) is 6.92 Å². The summed E-state index contributed by atoms with van der Waals surface area (Å²) in [5.41, 5.74) is 1.11. The molecule has 1 atom stereocenters. The Morgan fingerprint density at radius 3 is 2.71 bits per heavy atom. The molecular formula is C11H15FN2. The van der Waals surface area contributed by atoms with E-state index in [1.54, 1.807) is 0 Å². The fraction of sp³-hybridized carbons (Fsp3) is 0.455. The zero-order chi connectivity index (χ0) is 9.97. The van der Waals surface area contributed by atoms with Gasteiger partial charge in [-0.1, -0.05) is 0 Å². The lowest BCUT2D eigenvalue weighted by Crippen LogP contribution is -2.49. The van der Waals surface area contributed by atoms with Gasteiger partial charge in [-0.2, -0.15) is 0 Å². The van der Waals surface area contributed by atoms with Crippen molar-refractivity contribution >= 4 is 5.69 Å². The second-order valence-electron chi connectivity index (χ2n) is 3.78. The van der Waals surface area contributed by atoms with Gasteiger partial charge < -0.3 is 10.2 Å². The minimum Gasteiger partial charge on any atom is -0.369 e. The van der Waals surface area contributed by atoms with Gasteiger partial charge in [0.1, 0.15) is 5.82 Å². The molecule has 3 heteroatoms. The first-order valence-electron chi connectivity index (χ1n) is 4.99. The number of anilines is 1. The molecular weight excluding hydrogens is 179 g/mol. The van der Waals surface area contributed by atoms with Crippen LogP contribution in [0.25, 0.3) is 0 Å². The SMILES string of the molecule is C[C@@H]1CN(c2ccc(F)cc2)CCN1.